The molecule has 1 N–H and O–H groups in total. The molecule has 2 bridgehead atoms. The summed E-state index contributed by atoms with van der Waals surface area (Å²) in [6, 6.07) is 7.32. The Labute approximate surface area is 106 Å². The smallest absolute Gasteiger partial charge is 0.230 e. The monoisotopic (exact) mass is 245 g/mol. The second-order valence-electron chi connectivity index (χ2n) is 4.58. The molecular weight excluding hydrogens is 230 g/mol. The number of hydrogen-bond donors (Lipinski definition) is 1. The molecule has 2 aliphatic rings. The molecule has 0 spiro atoms. The fourth-order valence-corrected chi connectivity index (χ4v) is 2.44. The van der Waals surface area contributed by atoms with Crippen LogP contribution >= 0.6 is 0 Å². The molecule has 3 atom stereocenters. The molecule has 0 radical (unpaired) electrons. The highest BCUT2D eigenvalue weighted by atomic mass is 16.5. The molecule has 3 unspecified atom stereocenters. The SMILES string of the molecule is COc1ccc(NC(=O)C2CC3C=CC2O3)cc1. The summed E-state index contributed by atoms with van der Waals surface area (Å²) in [5.41, 5.74) is 0.785. The highest BCUT2D eigenvalue weighted by Gasteiger charge is 2.40. The number of carbonyl (C=O) groups excluding carboxylic acids is 1. The normalized spacial score (nSPS) is 28.4. The van der Waals surface area contributed by atoms with Crippen LogP contribution in [0.3, 0.4) is 0 Å². The molecule has 3 rings (SSSR count). The van der Waals surface area contributed by atoms with E-state index >= 15 is 0 Å². The molecule has 1 aromatic rings. The zero-order valence-corrected chi connectivity index (χ0v) is 10.1. The summed E-state index contributed by atoms with van der Waals surface area (Å²) in [5, 5.41) is 2.91. The standard InChI is InChI=1S/C14H15NO3/c1-17-10-4-2-9(3-5-10)15-14(16)12-8-11-6-7-13(12)18-11/h2-7,11-13H,8H2,1H3,(H,15,16). The summed E-state index contributed by atoms with van der Waals surface area (Å²) < 4.78 is 10.7. The third-order valence-electron chi connectivity index (χ3n) is 3.42. The van der Waals surface area contributed by atoms with Crippen molar-refractivity contribution in [1.82, 2.24) is 0 Å². The van der Waals surface area contributed by atoms with E-state index in [0.717, 1.165) is 17.9 Å². The lowest BCUT2D eigenvalue weighted by molar-refractivity contribution is -0.120. The number of fused-ring (bicyclic) bond motifs is 2. The van der Waals surface area contributed by atoms with Crippen molar-refractivity contribution in [2.24, 2.45) is 5.92 Å². The second kappa shape index (κ2) is 4.46. The zero-order chi connectivity index (χ0) is 12.5. The van der Waals surface area contributed by atoms with Crippen LogP contribution in [-0.4, -0.2) is 25.2 Å². The van der Waals surface area contributed by atoms with Crippen LogP contribution in [0.25, 0.3) is 0 Å². The van der Waals surface area contributed by atoms with Crippen LogP contribution in [0.15, 0.2) is 36.4 Å². The maximum Gasteiger partial charge on any atom is 0.230 e. The first-order chi connectivity index (χ1) is 8.76. The Hall–Kier alpha value is -1.81. The van der Waals surface area contributed by atoms with E-state index in [1.165, 1.54) is 0 Å². The number of benzene rings is 1. The minimum absolute atomic E-state index is 0.0250. The number of methoxy groups -OCH3 is 1. The molecule has 94 valence electrons. The van der Waals surface area contributed by atoms with Crippen LogP contribution in [0.2, 0.25) is 0 Å². The van der Waals surface area contributed by atoms with Gasteiger partial charge in [0.15, 0.2) is 0 Å². The first-order valence-corrected chi connectivity index (χ1v) is 6.05. The van der Waals surface area contributed by atoms with Crippen LogP contribution in [0.5, 0.6) is 5.75 Å². The Morgan fingerprint density at radius 3 is 2.67 bits per heavy atom. The van der Waals surface area contributed by atoms with Gasteiger partial charge in [-0.25, -0.2) is 0 Å². The largest absolute Gasteiger partial charge is 0.497 e. The Kier molecular flexibility index (Phi) is 2.80. The third-order valence-corrected chi connectivity index (χ3v) is 3.42. The van der Waals surface area contributed by atoms with Gasteiger partial charge in [0.2, 0.25) is 5.91 Å². The highest BCUT2D eigenvalue weighted by Crippen LogP contribution is 2.34. The molecule has 18 heavy (non-hydrogen) atoms. The van der Waals surface area contributed by atoms with Crippen molar-refractivity contribution in [2.75, 3.05) is 12.4 Å². The van der Waals surface area contributed by atoms with Gasteiger partial charge in [-0.2, -0.15) is 0 Å². The van der Waals surface area contributed by atoms with E-state index in [9.17, 15) is 4.79 Å². The molecule has 2 aliphatic heterocycles. The summed E-state index contributed by atoms with van der Waals surface area (Å²) in [5.74, 6) is 0.735. The van der Waals surface area contributed by atoms with Gasteiger partial charge in [0.1, 0.15) is 5.75 Å². The Balaban J connectivity index is 1.65. The predicted molar refractivity (Wildman–Crippen MR) is 67.5 cm³/mol. The zero-order valence-electron chi connectivity index (χ0n) is 10.1. The van der Waals surface area contributed by atoms with Crippen molar-refractivity contribution in [3.8, 4) is 5.75 Å². The maximum atomic E-state index is 12.1. The first-order valence-electron chi connectivity index (χ1n) is 6.05. The molecule has 1 fully saturated rings. The number of anilines is 1. The second-order valence-corrected chi connectivity index (χ2v) is 4.58. The van der Waals surface area contributed by atoms with Crippen molar-refractivity contribution >= 4 is 11.6 Å². The summed E-state index contributed by atoms with van der Waals surface area (Å²) in [4.78, 5) is 12.1. The summed E-state index contributed by atoms with van der Waals surface area (Å²) in [6.07, 6.45) is 4.87. The van der Waals surface area contributed by atoms with Gasteiger partial charge in [0, 0.05) is 5.69 Å². The van der Waals surface area contributed by atoms with Gasteiger partial charge in [0.05, 0.1) is 25.2 Å². The van der Waals surface area contributed by atoms with Gasteiger partial charge in [-0.3, -0.25) is 4.79 Å². The van der Waals surface area contributed by atoms with Gasteiger partial charge in [-0.05, 0) is 30.7 Å². The van der Waals surface area contributed by atoms with Gasteiger partial charge < -0.3 is 14.8 Å². The number of amides is 1. The summed E-state index contributed by atoms with van der Waals surface area (Å²) in [7, 11) is 1.62. The number of rotatable bonds is 3. The van der Waals surface area contributed by atoms with E-state index in [2.05, 4.69) is 5.32 Å². The number of ether oxygens (including phenoxy) is 2. The van der Waals surface area contributed by atoms with Gasteiger partial charge in [-0.1, -0.05) is 12.2 Å². The highest BCUT2D eigenvalue weighted by molar-refractivity contribution is 5.93. The lowest BCUT2D eigenvalue weighted by atomic mass is 9.93. The van der Waals surface area contributed by atoms with Crippen molar-refractivity contribution in [3.05, 3.63) is 36.4 Å². The molecule has 0 aromatic heterocycles. The number of carbonyl (C=O) groups is 1. The summed E-state index contributed by atoms with van der Waals surface area (Å²) in [6.45, 7) is 0. The fourth-order valence-electron chi connectivity index (χ4n) is 2.44. The van der Waals surface area contributed by atoms with E-state index in [0.29, 0.717) is 0 Å². The molecule has 0 aliphatic carbocycles. The molecule has 1 saturated heterocycles. The van der Waals surface area contributed by atoms with E-state index in [1.54, 1.807) is 7.11 Å². The minimum Gasteiger partial charge on any atom is -0.497 e. The lowest BCUT2D eigenvalue weighted by Crippen LogP contribution is -2.28. The maximum absolute atomic E-state index is 12.1. The van der Waals surface area contributed by atoms with Crippen molar-refractivity contribution in [3.63, 3.8) is 0 Å². The average Bonchev–Trinajstić information content (AvgIpc) is 3.02. The first kappa shape index (κ1) is 11.3. The average molecular weight is 245 g/mol. The van der Waals surface area contributed by atoms with E-state index in [1.807, 2.05) is 36.4 Å². The topological polar surface area (TPSA) is 47.6 Å². The Morgan fingerprint density at radius 2 is 2.11 bits per heavy atom. The molecule has 2 heterocycles. The summed E-state index contributed by atoms with van der Waals surface area (Å²) >= 11 is 0. The van der Waals surface area contributed by atoms with Gasteiger partial charge in [0.25, 0.3) is 0 Å². The van der Waals surface area contributed by atoms with Crippen LogP contribution < -0.4 is 10.1 Å². The van der Waals surface area contributed by atoms with E-state index in [-0.39, 0.29) is 24.0 Å². The molecule has 1 aromatic carbocycles. The Bertz CT molecular complexity index is 480. The van der Waals surface area contributed by atoms with Crippen molar-refractivity contribution in [1.29, 1.82) is 0 Å². The lowest BCUT2D eigenvalue weighted by Gasteiger charge is -2.15. The minimum atomic E-state index is -0.0675. The Morgan fingerprint density at radius 1 is 1.33 bits per heavy atom. The van der Waals surface area contributed by atoms with Crippen molar-refractivity contribution < 1.29 is 14.3 Å². The van der Waals surface area contributed by atoms with E-state index in [4.69, 9.17) is 9.47 Å². The van der Waals surface area contributed by atoms with Gasteiger partial charge in [-0.15, -0.1) is 0 Å². The molecule has 4 heteroatoms. The van der Waals surface area contributed by atoms with Crippen LogP contribution in [0, 0.1) is 5.92 Å². The molecule has 4 nitrogen and oxygen atoms in total. The third kappa shape index (κ3) is 1.99. The van der Waals surface area contributed by atoms with Crippen LogP contribution in [-0.2, 0) is 9.53 Å². The fraction of sp³-hybridized carbons (Fsp3) is 0.357. The van der Waals surface area contributed by atoms with Crippen LogP contribution in [0.4, 0.5) is 5.69 Å². The molecular formula is C14H15NO3. The van der Waals surface area contributed by atoms with Crippen LogP contribution in [0.1, 0.15) is 6.42 Å². The van der Waals surface area contributed by atoms with Gasteiger partial charge >= 0.3 is 0 Å². The number of hydrogen-bond acceptors (Lipinski definition) is 3. The quantitative estimate of drug-likeness (QED) is 0.828. The van der Waals surface area contributed by atoms with Crippen molar-refractivity contribution in [2.45, 2.75) is 18.6 Å². The van der Waals surface area contributed by atoms with E-state index < -0.39 is 0 Å². The predicted octanol–water partition coefficient (Wildman–Crippen LogP) is 1.98. The molecule has 1 amide bonds. The molecule has 0 saturated carbocycles. The number of nitrogens with one attached hydrogen (secondary N) is 1.